The molecule has 1 fully saturated rings. The van der Waals surface area contributed by atoms with Crippen molar-refractivity contribution in [2.75, 3.05) is 36.5 Å². The van der Waals surface area contributed by atoms with Gasteiger partial charge >= 0.3 is 18.2 Å². The number of nitrogens with one attached hydrogen (secondary N) is 1. The van der Waals surface area contributed by atoms with Gasteiger partial charge in [0, 0.05) is 24.8 Å². The molecule has 0 radical (unpaired) electrons. The van der Waals surface area contributed by atoms with Crippen molar-refractivity contribution in [3.05, 3.63) is 42.2 Å². The van der Waals surface area contributed by atoms with Crippen molar-refractivity contribution in [1.82, 2.24) is 25.1 Å². The zero-order valence-electron chi connectivity index (χ0n) is 16.4. The van der Waals surface area contributed by atoms with E-state index in [4.69, 9.17) is 9.47 Å². The maximum atomic E-state index is 12.5. The summed E-state index contributed by atoms with van der Waals surface area (Å²) in [7, 11) is 0. The summed E-state index contributed by atoms with van der Waals surface area (Å²) in [4.78, 5) is 29.4. The van der Waals surface area contributed by atoms with Crippen LogP contribution >= 0.6 is 0 Å². The van der Waals surface area contributed by atoms with E-state index in [1.807, 2.05) is 6.07 Å². The van der Waals surface area contributed by atoms with E-state index in [0.29, 0.717) is 18.8 Å². The van der Waals surface area contributed by atoms with Gasteiger partial charge in [0.1, 0.15) is 18.1 Å². The number of nitrogens with zero attached hydrogens (tertiary/aromatic N) is 6. The van der Waals surface area contributed by atoms with Gasteiger partial charge in [-0.15, -0.1) is 0 Å². The van der Waals surface area contributed by atoms with E-state index in [0.717, 1.165) is 31.3 Å². The Hall–Kier alpha value is -3.81. The highest BCUT2D eigenvalue weighted by Gasteiger charge is 2.38. The third-order valence-corrected chi connectivity index (χ3v) is 4.29. The van der Waals surface area contributed by atoms with E-state index in [2.05, 4.69) is 39.8 Å². The predicted octanol–water partition coefficient (Wildman–Crippen LogP) is 2.53. The van der Waals surface area contributed by atoms with Crippen LogP contribution in [0.1, 0.15) is 11.5 Å². The Morgan fingerprint density at radius 3 is 2.56 bits per heavy atom. The highest BCUT2D eigenvalue weighted by molar-refractivity contribution is 5.83. The molecule has 0 saturated carbocycles. The van der Waals surface area contributed by atoms with Gasteiger partial charge in [0.05, 0.1) is 25.6 Å². The molecule has 11 nitrogen and oxygen atoms in total. The molecule has 32 heavy (non-hydrogen) atoms. The molecule has 168 valence electrons. The number of rotatable bonds is 5. The first kappa shape index (κ1) is 21.4. The number of aromatic nitrogens is 5. The number of carbonyl (C=O) groups is 1. The molecule has 1 amide bonds. The van der Waals surface area contributed by atoms with Crippen molar-refractivity contribution in [1.29, 1.82) is 0 Å². The van der Waals surface area contributed by atoms with Crippen LogP contribution in [-0.4, -0.2) is 57.5 Å². The number of morpholine rings is 1. The van der Waals surface area contributed by atoms with Crippen LogP contribution in [-0.2, 0) is 22.3 Å². The zero-order valence-corrected chi connectivity index (χ0v) is 16.4. The number of hydrogen-bond donors (Lipinski definition) is 1. The Kier molecular flexibility index (Phi) is 6.11. The largest absolute Gasteiger partial charge is 0.471 e. The molecule has 1 saturated heterocycles. The Bertz CT molecular complexity index is 1050. The SMILES string of the molecule is O=C(Nc1cnc(-c2noc(C(F)(F)F)n2)cn1)OCc1ccc(N2CCOCC2)nc1. The second kappa shape index (κ2) is 9.13. The number of halogens is 3. The molecule has 4 rings (SSSR count). The van der Waals surface area contributed by atoms with Crippen LogP contribution < -0.4 is 10.2 Å². The Morgan fingerprint density at radius 1 is 1.12 bits per heavy atom. The Balaban J connectivity index is 1.28. The Morgan fingerprint density at radius 2 is 1.94 bits per heavy atom. The summed E-state index contributed by atoms with van der Waals surface area (Å²) in [6, 6.07) is 3.65. The number of carbonyl (C=O) groups excluding carboxylic acids is 1. The van der Waals surface area contributed by atoms with Gasteiger partial charge in [-0.1, -0.05) is 11.2 Å². The van der Waals surface area contributed by atoms with E-state index in [1.54, 1.807) is 12.3 Å². The summed E-state index contributed by atoms with van der Waals surface area (Å²) in [6.07, 6.45) is -1.72. The second-order valence-electron chi connectivity index (χ2n) is 6.53. The lowest BCUT2D eigenvalue weighted by Gasteiger charge is -2.27. The molecular weight excluding hydrogens is 435 g/mol. The quantitative estimate of drug-likeness (QED) is 0.618. The number of alkyl halides is 3. The number of anilines is 2. The summed E-state index contributed by atoms with van der Waals surface area (Å²) >= 11 is 0. The lowest BCUT2D eigenvalue weighted by atomic mass is 10.3. The monoisotopic (exact) mass is 451 g/mol. The summed E-state index contributed by atoms with van der Waals surface area (Å²) in [5, 5.41) is 5.57. The number of ether oxygens (including phenoxy) is 2. The average Bonchev–Trinajstić information content (AvgIpc) is 3.30. The fourth-order valence-electron chi connectivity index (χ4n) is 2.72. The lowest BCUT2D eigenvalue weighted by Crippen LogP contribution is -2.36. The smallest absolute Gasteiger partial charge is 0.444 e. The van der Waals surface area contributed by atoms with E-state index >= 15 is 0 Å². The minimum Gasteiger partial charge on any atom is -0.444 e. The molecule has 1 N–H and O–H groups in total. The molecule has 4 heterocycles. The van der Waals surface area contributed by atoms with Crippen molar-refractivity contribution >= 4 is 17.7 Å². The molecule has 0 atom stereocenters. The van der Waals surface area contributed by atoms with Crippen molar-refractivity contribution < 1.29 is 32.0 Å². The highest BCUT2D eigenvalue weighted by Crippen LogP contribution is 2.28. The molecule has 0 aromatic carbocycles. The van der Waals surface area contributed by atoms with Crippen LogP contribution in [0.4, 0.5) is 29.6 Å². The first-order valence-electron chi connectivity index (χ1n) is 9.33. The molecular formula is C18H16F3N7O4. The minimum atomic E-state index is -4.76. The first-order chi connectivity index (χ1) is 15.4. The summed E-state index contributed by atoms with van der Waals surface area (Å²) in [5.41, 5.74) is 0.630. The molecule has 3 aromatic heterocycles. The maximum Gasteiger partial charge on any atom is 0.471 e. The van der Waals surface area contributed by atoms with Gasteiger partial charge in [-0.2, -0.15) is 18.2 Å². The van der Waals surface area contributed by atoms with Gasteiger partial charge in [-0.3, -0.25) is 5.32 Å². The molecule has 1 aliphatic rings. The summed E-state index contributed by atoms with van der Waals surface area (Å²) in [5.74, 6) is -1.03. The molecule has 0 bridgehead atoms. The minimum absolute atomic E-state index is 0.0170. The van der Waals surface area contributed by atoms with Crippen LogP contribution in [0.25, 0.3) is 11.5 Å². The zero-order chi connectivity index (χ0) is 22.6. The van der Waals surface area contributed by atoms with Gasteiger partial charge in [-0.05, 0) is 6.07 Å². The Labute approximate surface area is 178 Å². The molecule has 3 aromatic rings. The van der Waals surface area contributed by atoms with Crippen LogP contribution in [0.15, 0.2) is 35.2 Å². The van der Waals surface area contributed by atoms with Crippen molar-refractivity contribution in [2.24, 2.45) is 0 Å². The van der Waals surface area contributed by atoms with E-state index < -0.39 is 18.2 Å². The van der Waals surface area contributed by atoms with Gasteiger partial charge in [-0.25, -0.2) is 19.7 Å². The number of hydrogen-bond acceptors (Lipinski definition) is 10. The number of amides is 1. The number of pyridine rings is 1. The third kappa shape index (κ3) is 5.26. The van der Waals surface area contributed by atoms with E-state index in [9.17, 15) is 18.0 Å². The summed E-state index contributed by atoms with van der Waals surface area (Å²) < 4.78 is 52.1. The average molecular weight is 451 g/mol. The van der Waals surface area contributed by atoms with Crippen LogP contribution in [0.5, 0.6) is 0 Å². The van der Waals surface area contributed by atoms with Gasteiger partial charge < -0.3 is 18.9 Å². The second-order valence-corrected chi connectivity index (χ2v) is 6.53. The first-order valence-corrected chi connectivity index (χ1v) is 9.33. The van der Waals surface area contributed by atoms with Gasteiger partial charge in [0.15, 0.2) is 5.82 Å². The molecule has 0 aliphatic carbocycles. The van der Waals surface area contributed by atoms with Gasteiger partial charge in [0.2, 0.25) is 5.82 Å². The van der Waals surface area contributed by atoms with Crippen molar-refractivity contribution in [2.45, 2.75) is 12.8 Å². The van der Waals surface area contributed by atoms with Crippen molar-refractivity contribution in [3.8, 4) is 11.5 Å². The van der Waals surface area contributed by atoms with Crippen LogP contribution in [0, 0.1) is 0 Å². The van der Waals surface area contributed by atoms with E-state index in [1.165, 1.54) is 0 Å². The highest BCUT2D eigenvalue weighted by atomic mass is 19.4. The fourth-order valence-corrected chi connectivity index (χ4v) is 2.72. The molecule has 1 aliphatic heterocycles. The predicted molar refractivity (Wildman–Crippen MR) is 101 cm³/mol. The third-order valence-electron chi connectivity index (χ3n) is 4.29. The van der Waals surface area contributed by atoms with Crippen LogP contribution in [0.2, 0.25) is 0 Å². The van der Waals surface area contributed by atoms with Gasteiger partial charge in [0.25, 0.3) is 0 Å². The topological polar surface area (TPSA) is 128 Å². The lowest BCUT2D eigenvalue weighted by molar-refractivity contribution is -0.159. The molecule has 0 unspecified atom stereocenters. The normalized spacial score (nSPS) is 14.3. The molecule has 0 spiro atoms. The standard InChI is InChI=1S/C18H16F3N7O4/c19-18(20,21)16-26-15(27-32-16)12-8-23-13(9-22-12)25-17(29)31-10-11-1-2-14(24-7-11)28-3-5-30-6-4-28/h1-2,7-9H,3-6,10H2,(H,23,25,29). The fraction of sp³-hybridized carbons (Fsp3) is 0.333. The van der Waals surface area contributed by atoms with Crippen molar-refractivity contribution in [3.63, 3.8) is 0 Å². The van der Waals surface area contributed by atoms with Crippen LogP contribution in [0.3, 0.4) is 0 Å². The molecule has 14 heteroatoms. The maximum absolute atomic E-state index is 12.5. The summed E-state index contributed by atoms with van der Waals surface area (Å²) in [6.45, 7) is 2.82. The van der Waals surface area contributed by atoms with E-state index in [-0.39, 0.29) is 23.9 Å².